The summed E-state index contributed by atoms with van der Waals surface area (Å²) in [6.45, 7) is 0. The summed E-state index contributed by atoms with van der Waals surface area (Å²) in [5.74, 6) is -0.716. The lowest BCUT2D eigenvalue weighted by Crippen LogP contribution is -2.19. The van der Waals surface area contributed by atoms with Crippen LogP contribution in [0.3, 0.4) is 0 Å². The van der Waals surface area contributed by atoms with Crippen molar-refractivity contribution in [3.8, 4) is 22.6 Å². The second-order valence-corrected chi connectivity index (χ2v) is 10.4. The Bertz CT molecular complexity index is 1830. The molecule has 0 radical (unpaired) electrons. The van der Waals surface area contributed by atoms with Crippen molar-refractivity contribution < 1.29 is 19.1 Å². The van der Waals surface area contributed by atoms with Crippen molar-refractivity contribution in [2.75, 3.05) is 7.11 Å². The molecular weight excluding hydrogens is 608 g/mol. The number of hydrogen-bond acceptors (Lipinski definition) is 5. The van der Waals surface area contributed by atoms with Gasteiger partial charge in [0.1, 0.15) is 5.69 Å². The van der Waals surface area contributed by atoms with E-state index < -0.39 is 11.9 Å². The number of hydrogen-bond donors (Lipinski definition) is 2. The fourth-order valence-electron chi connectivity index (χ4n) is 4.16. The highest BCUT2D eigenvalue weighted by atomic mass is 35.5. The minimum Gasteiger partial charge on any atom is -0.493 e. The highest BCUT2D eigenvalue weighted by Gasteiger charge is 2.21. The molecule has 0 fully saturated rings. The number of carbonyl (C=O) groups excluding carboxylic acids is 2. The third kappa shape index (κ3) is 6.19. The van der Waals surface area contributed by atoms with E-state index in [1.54, 1.807) is 42.5 Å². The molecule has 1 amide bonds. The van der Waals surface area contributed by atoms with Gasteiger partial charge in [-0.3, -0.25) is 4.79 Å². The number of H-pyrrole nitrogens is 1. The summed E-state index contributed by atoms with van der Waals surface area (Å²) in [5.41, 5.74) is 5.53. The predicted molar refractivity (Wildman–Crippen MR) is 163 cm³/mol. The number of amides is 1. The first kappa shape index (κ1) is 28.5. The molecule has 0 atom stereocenters. The van der Waals surface area contributed by atoms with Crippen molar-refractivity contribution in [3.63, 3.8) is 0 Å². The van der Waals surface area contributed by atoms with Gasteiger partial charge in [-0.2, -0.15) is 5.10 Å². The molecule has 41 heavy (non-hydrogen) atoms. The third-order valence-electron chi connectivity index (χ3n) is 6.05. The summed E-state index contributed by atoms with van der Waals surface area (Å²) in [4.78, 5) is 29.0. The van der Waals surface area contributed by atoms with Crippen molar-refractivity contribution >= 4 is 75.4 Å². The SMILES string of the molecule is COc1cc(C=NNC(=O)c2[nH]c3ccc(Cl)cc3c2-c2ccccc2Cl)ccc1OC(=O)c1ccc(Cl)cc1Cl. The van der Waals surface area contributed by atoms with E-state index in [2.05, 4.69) is 15.5 Å². The maximum absolute atomic E-state index is 13.2. The average molecular weight is 627 g/mol. The monoisotopic (exact) mass is 625 g/mol. The Balaban J connectivity index is 1.36. The first-order chi connectivity index (χ1) is 19.7. The van der Waals surface area contributed by atoms with Crippen LogP contribution in [0.1, 0.15) is 26.4 Å². The topological polar surface area (TPSA) is 92.8 Å². The fourth-order valence-corrected chi connectivity index (χ4v) is 5.05. The van der Waals surface area contributed by atoms with Crippen molar-refractivity contribution in [1.82, 2.24) is 10.4 Å². The number of hydrazone groups is 1. The minimum atomic E-state index is -0.674. The zero-order chi connectivity index (χ0) is 29.1. The lowest BCUT2D eigenvalue weighted by atomic mass is 10.0. The maximum Gasteiger partial charge on any atom is 0.345 e. The maximum atomic E-state index is 13.2. The van der Waals surface area contributed by atoms with Gasteiger partial charge < -0.3 is 14.5 Å². The van der Waals surface area contributed by atoms with E-state index in [0.717, 1.165) is 5.39 Å². The molecule has 1 aromatic heterocycles. The Morgan fingerprint density at radius 1 is 0.854 bits per heavy atom. The number of benzene rings is 4. The van der Waals surface area contributed by atoms with Crippen molar-refractivity contribution in [1.29, 1.82) is 0 Å². The quantitative estimate of drug-likeness (QED) is 0.0820. The zero-order valence-electron chi connectivity index (χ0n) is 21.2. The van der Waals surface area contributed by atoms with Crippen LogP contribution in [-0.4, -0.2) is 30.2 Å². The number of ether oxygens (including phenoxy) is 2. The van der Waals surface area contributed by atoms with Gasteiger partial charge >= 0.3 is 5.97 Å². The summed E-state index contributed by atoms with van der Waals surface area (Å²) in [6.07, 6.45) is 1.43. The van der Waals surface area contributed by atoms with Crippen LogP contribution < -0.4 is 14.9 Å². The van der Waals surface area contributed by atoms with Gasteiger partial charge in [0, 0.05) is 37.1 Å². The van der Waals surface area contributed by atoms with Gasteiger partial charge in [0.15, 0.2) is 11.5 Å². The molecule has 206 valence electrons. The number of aromatic nitrogens is 1. The molecule has 0 saturated carbocycles. The average Bonchev–Trinajstić information content (AvgIpc) is 3.32. The molecule has 7 nitrogen and oxygen atoms in total. The van der Waals surface area contributed by atoms with E-state index in [4.69, 9.17) is 55.9 Å². The van der Waals surface area contributed by atoms with Crippen LogP contribution in [-0.2, 0) is 0 Å². The van der Waals surface area contributed by atoms with Crippen molar-refractivity contribution in [3.05, 3.63) is 116 Å². The molecule has 11 heteroatoms. The number of aromatic amines is 1. The van der Waals surface area contributed by atoms with Crippen molar-refractivity contribution in [2.24, 2.45) is 5.10 Å². The lowest BCUT2D eigenvalue weighted by Gasteiger charge is -2.10. The van der Waals surface area contributed by atoms with Gasteiger partial charge in [0.25, 0.3) is 5.91 Å². The van der Waals surface area contributed by atoms with E-state index in [1.807, 2.05) is 18.2 Å². The van der Waals surface area contributed by atoms with Gasteiger partial charge in [-0.15, -0.1) is 0 Å². The number of halogens is 4. The fraction of sp³-hybridized carbons (Fsp3) is 0.0333. The molecule has 0 unspecified atom stereocenters. The molecular formula is C30H19Cl4N3O4. The summed E-state index contributed by atoms with van der Waals surface area (Å²) >= 11 is 24.7. The molecule has 0 bridgehead atoms. The Morgan fingerprint density at radius 2 is 1.61 bits per heavy atom. The number of rotatable bonds is 7. The van der Waals surface area contributed by atoms with Gasteiger partial charge in [-0.1, -0.05) is 64.6 Å². The molecule has 4 aromatic carbocycles. The molecule has 5 rings (SSSR count). The van der Waals surface area contributed by atoms with Crippen LogP contribution in [0, 0.1) is 0 Å². The molecule has 0 spiro atoms. The zero-order valence-corrected chi connectivity index (χ0v) is 24.2. The first-order valence-corrected chi connectivity index (χ1v) is 13.5. The predicted octanol–water partition coefficient (Wildman–Crippen LogP) is 8.44. The number of fused-ring (bicyclic) bond motifs is 1. The molecule has 0 aliphatic rings. The van der Waals surface area contributed by atoms with E-state index in [-0.39, 0.29) is 27.8 Å². The highest BCUT2D eigenvalue weighted by molar-refractivity contribution is 6.36. The Morgan fingerprint density at radius 3 is 2.37 bits per heavy atom. The number of esters is 1. The van der Waals surface area contributed by atoms with Crippen LogP contribution in [0.2, 0.25) is 20.1 Å². The first-order valence-electron chi connectivity index (χ1n) is 12.0. The smallest absolute Gasteiger partial charge is 0.345 e. The normalized spacial score (nSPS) is 11.1. The number of nitrogens with one attached hydrogen (secondary N) is 2. The largest absolute Gasteiger partial charge is 0.493 e. The molecule has 5 aromatic rings. The van der Waals surface area contributed by atoms with Crippen LogP contribution in [0.25, 0.3) is 22.0 Å². The van der Waals surface area contributed by atoms with Gasteiger partial charge in [-0.25, -0.2) is 10.2 Å². The van der Waals surface area contributed by atoms with Crippen molar-refractivity contribution in [2.45, 2.75) is 0 Å². The molecule has 0 aliphatic carbocycles. The van der Waals surface area contributed by atoms with Gasteiger partial charge in [0.05, 0.1) is 23.9 Å². The molecule has 0 aliphatic heterocycles. The highest BCUT2D eigenvalue weighted by Crippen LogP contribution is 2.37. The second-order valence-electron chi connectivity index (χ2n) is 8.67. The van der Waals surface area contributed by atoms with Crippen LogP contribution in [0.5, 0.6) is 11.5 Å². The standard InChI is InChI=1S/C30H19Cl4N3O4/c1-40-26-12-16(6-11-25(26)41-30(39)20-9-7-18(32)14-23(20)34)15-35-37-29(38)28-27(19-4-2-3-5-22(19)33)21-13-17(31)8-10-24(21)36-28/h2-15,36H,1H3,(H,37,38). The van der Waals surface area contributed by atoms with Crippen LogP contribution in [0.15, 0.2) is 84.0 Å². The third-order valence-corrected chi connectivity index (χ3v) is 7.16. The van der Waals surface area contributed by atoms with Gasteiger partial charge in [-0.05, 0) is 66.2 Å². The number of nitrogens with zero attached hydrogens (tertiary/aromatic N) is 1. The minimum absolute atomic E-state index is 0.155. The van der Waals surface area contributed by atoms with Crippen LogP contribution in [0.4, 0.5) is 0 Å². The number of methoxy groups -OCH3 is 1. The summed E-state index contributed by atoms with van der Waals surface area (Å²) < 4.78 is 10.9. The molecule has 1 heterocycles. The van der Waals surface area contributed by atoms with E-state index >= 15 is 0 Å². The van der Waals surface area contributed by atoms with E-state index in [9.17, 15) is 9.59 Å². The second kappa shape index (κ2) is 12.2. The van der Waals surface area contributed by atoms with E-state index in [0.29, 0.717) is 37.3 Å². The van der Waals surface area contributed by atoms with Gasteiger partial charge in [0.2, 0.25) is 0 Å². The lowest BCUT2D eigenvalue weighted by molar-refractivity contribution is 0.0729. The van der Waals surface area contributed by atoms with E-state index in [1.165, 1.54) is 31.5 Å². The Labute approximate surface area is 254 Å². The Hall–Kier alpha value is -4.01. The summed E-state index contributed by atoms with van der Waals surface area (Å²) in [5, 5.41) is 6.41. The number of carbonyl (C=O) groups is 2. The molecule has 2 N–H and O–H groups in total. The Kier molecular flexibility index (Phi) is 8.52. The summed E-state index contributed by atoms with van der Waals surface area (Å²) in [6, 6.07) is 21.8. The van der Waals surface area contributed by atoms with Crippen LogP contribution >= 0.6 is 46.4 Å². The molecule has 0 saturated heterocycles. The summed E-state index contributed by atoms with van der Waals surface area (Å²) in [7, 11) is 1.43.